The lowest BCUT2D eigenvalue weighted by molar-refractivity contribution is -0.130. The number of piperidine rings is 1. The third-order valence-corrected chi connectivity index (χ3v) is 7.19. The molecule has 5 rings (SSSR count). The molecule has 3 N–H and O–H groups in total. The van der Waals surface area contributed by atoms with Gasteiger partial charge in [0.25, 0.3) is 0 Å². The molecule has 1 aromatic heterocycles. The van der Waals surface area contributed by atoms with Crippen LogP contribution in [0.15, 0.2) is 12.1 Å². The van der Waals surface area contributed by atoms with Crippen molar-refractivity contribution in [2.75, 3.05) is 44.6 Å². The van der Waals surface area contributed by atoms with Gasteiger partial charge in [-0.25, -0.2) is 4.98 Å². The van der Waals surface area contributed by atoms with Gasteiger partial charge in [-0.1, -0.05) is 0 Å². The number of nitrogens with zero attached hydrogens (tertiary/aromatic N) is 5. The normalized spacial score (nSPS) is 22.2. The number of carbonyl (C=O) groups excluding carboxylic acids is 1. The summed E-state index contributed by atoms with van der Waals surface area (Å²) in [6, 6.07) is 3.88. The van der Waals surface area contributed by atoms with Crippen molar-refractivity contribution < 1.29 is 19.7 Å². The van der Waals surface area contributed by atoms with E-state index in [4.69, 9.17) is 4.74 Å². The van der Waals surface area contributed by atoms with E-state index in [0.717, 1.165) is 50.2 Å². The van der Waals surface area contributed by atoms with Crippen LogP contribution in [0.5, 0.6) is 11.5 Å². The number of benzene rings is 1. The van der Waals surface area contributed by atoms with E-state index >= 15 is 0 Å². The third-order valence-electron chi connectivity index (χ3n) is 7.19. The molecule has 10 heteroatoms. The number of carbonyl (C=O) groups is 1. The average molecular weight is 483 g/mol. The zero-order valence-electron chi connectivity index (χ0n) is 20.2. The summed E-state index contributed by atoms with van der Waals surface area (Å²) in [5.74, 6) is 1.56. The number of fused-ring (bicyclic) bond motifs is 1. The number of likely N-dealkylation sites (tertiary alicyclic amines) is 2. The lowest BCUT2D eigenvalue weighted by atomic mass is 10.0. The molecule has 2 unspecified atom stereocenters. The number of ether oxygens (including phenoxy) is 1. The van der Waals surface area contributed by atoms with Gasteiger partial charge in [-0.05, 0) is 57.8 Å². The number of aromatic hydroxyl groups is 1. The summed E-state index contributed by atoms with van der Waals surface area (Å²) in [6.07, 6.45) is 4.44. The molecule has 3 aliphatic heterocycles. The van der Waals surface area contributed by atoms with Crippen LogP contribution in [0, 0.1) is 6.92 Å². The number of nitrogens with one attached hydrogen (secondary N) is 1. The molecule has 188 valence electrons. The minimum Gasteiger partial charge on any atom is -0.507 e. The van der Waals surface area contributed by atoms with Crippen LogP contribution in [0.25, 0.3) is 11.3 Å². The largest absolute Gasteiger partial charge is 0.507 e. The number of phenols is 1. The van der Waals surface area contributed by atoms with Crippen molar-refractivity contribution >= 4 is 11.9 Å². The summed E-state index contributed by atoms with van der Waals surface area (Å²) in [5.41, 5.74) is 2.71. The SMILES string of the molecule is Cc1nc(NC2CCCN(CCCC(=O)N3CCC(O)C3)C2)nnc1-c1ccc2c(c1O)CCO2. The van der Waals surface area contributed by atoms with Crippen molar-refractivity contribution in [2.45, 2.75) is 57.6 Å². The standard InChI is InChI=1S/C25H34N6O4/c1-16-23(20-6-7-21-19(24(20)34)9-13-35-21)28-29-25(26-16)27-17-4-2-10-30(14-17)11-3-5-22(33)31-12-8-18(32)15-31/h6-7,17-18,32,34H,2-5,8-15H2,1H3,(H,26,27,29). The molecule has 1 amide bonds. The Morgan fingerprint density at radius 2 is 2.11 bits per heavy atom. The van der Waals surface area contributed by atoms with Crippen LogP contribution in [-0.4, -0.2) is 92.6 Å². The van der Waals surface area contributed by atoms with Gasteiger partial charge in [0.1, 0.15) is 17.2 Å². The van der Waals surface area contributed by atoms with E-state index in [1.165, 1.54) is 0 Å². The number of aromatic nitrogens is 3. The van der Waals surface area contributed by atoms with Crippen molar-refractivity contribution in [1.29, 1.82) is 0 Å². The van der Waals surface area contributed by atoms with Crippen LogP contribution in [0.2, 0.25) is 0 Å². The summed E-state index contributed by atoms with van der Waals surface area (Å²) in [4.78, 5) is 21.1. The number of hydrogen-bond acceptors (Lipinski definition) is 9. The van der Waals surface area contributed by atoms with Gasteiger partial charge in [-0.15, -0.1) is 10.2 Å². The molecule has 4 heterocycles. The zero-order valence-corrected chi connectivity index (χ0v) is 20.2. The Kier molecular flexibility index (Phi) is 7.01. The Labute approximate surface area is 205 Å². The minimum absolute atomic E-state index is 0.144. The highest BCUT2D eigenvalue weighted by Crippen LogP contribution is 2.40. The first-order valence-electron chi connectivity index (χ1n) is 12.6. The van der Waals surface area contributed by atoms with E-state index in [1.807, 2.05) is 13.0 Å². The Bertz CT molecular complexity index is 1080. The monoisotopic (exact) mass is 482 g/mol. The van der Waals surface area contributed by atoms with Gasteiger partial charge in [0.05, 0.1) is 18.4 Å². The highest BCUT2D eigenvalue weighted by Gasteiger charge is 2.26. The van der Waals surface area contributed by atoms with Gasteiger partial charge in [0, 0.05) is 49.6 Å². The molecule has 0 aliphatic carbocycles. The molecule has 2 atom stereocenters. The van der Waals surface area contributed by atoms with E-state index in [2.05, 4.69) is 25.4 Å². The van der Waals surface area contributed by atoms with Gasteiger partial charge < -0.3 is 30.1 Å². The van der Waals surface area contributed by atoms with Gasteiger partial charge in [-0.3, -0.25) is 4.79 Å². The number of hydrogen-bond donors (Lipinski definition) is 3. The molecular weight excluding hydrogens is 448 g/mol. The Hall–Kier alpha value is -2.98. The molecule has 10 nitrogen and oxygen atoms in total. The van der Waals surface area contributed by atoms with Crippen LogP contribution in [0.1, 0.15) is 43.4 Å². The molecule has 0 bridgehead atoms. The van der Waals surface area contributed by atoms with E-state index in [-0.39, 0.29) is 23.8 Å². The van der Waals surface area contributed by atoms with Crippen LogP contribution in [-0.2, 0) is 11.2 Å². The molecule has 2 saturated heterocycles. The fourth-order valence-corrected chi connectivity index (χ4v) is 5.30. The highest BCUT2D eigenvalue weighted by molar-refractivity contribution is 5.76. The highest BCUT2D eigenvalue weighted by atomic mass is 16.5. The van der Waals surface area contributed by atoms with Gasteiger partial charge in [0.2, 0.25) is 11.9 Å². The molecule has 2 aromatic rings. The summed E-state index contributed by atoms with van der Waals surface area (Å²) in [7, 11) is 0. The minimum atomic E-state index is -0.365. The molecule has 0 saturated carbocycles. The predicted molar refractivity (Wildman–Crippen MR) is 130 cm³/mol. The predicted octanol–water partition coefficient (Wildman–Crippen LogP) is 1.74. The topological polar surface area (TPSA) is 124 Å². The van der Waals surface area contributed by atoms with Crippen molar-refractivity contribution in [1.82, 2.24) is 25.0 Å². The molecule has 35 heavy (non-hydrogen) atoms. The number of aliphatic hydroxyl groups excluding tert-OH is 1. The molecular formula is C25H34N6O4. The van der Waals surface area contributed by atoms with Crippen LogP contribution < -0.4 is 10.1 Å². The first-order valence-corrected chi connectivity index (χ1v) is 12.6. The first-order chi connectivity index (χ1) is 17.0. The number of amides is 1. The average Bonchev–Trinajstić information content (AvgIpc) is 3.50. The second-order valence-electron chi connectivity index (χ2n) is 9.78. The number of anilines is 1. The lowest BCUT2D eigenvalue weighted by Gasteiger charge is -2.33. The smallest absolute Gasteiger partial charge is 0.243 e. The number of β-amino-alcohol motifs (C(OH)–C–C–N with tert-alkyl or cyclic N) is 1. The van der Waals surface area contributed by atoms with Gasteiger partial charge in [0.15, 0.2) is 0 Å². The van der Waals surface area contributed by atoms with E-state index in [0.29, 0.717) is 61.9 Å². The number of aliphatic hydroxyl groups is 1. The molecule has 3 aliphatic rings. The van der Waals surface area contributed by atoms with Gasteiger partial charge in [-0.2, -0.15) is 0 Å². The number of phenolic OH excluding ortho intramolecular Hbond substituents is 1. The van der Waals surface area contributed by atoms with E-state index in [1.54, 1.807) is 11.0 Å². The Morgan fingerprint density at radius 1 is 1.23 bits per heavy atom. The van der Waals surface area contributed by atoms with Crippen molar-refractivity contribution in [2.24, 2.45) is 0 Å². The number of aryl methyl sites for hydroxylation is 1. The quantitative estimate of drug-likeness (QED) is 0.541. The second-order valence-corrected chi connectivity index (χ2v) is 9.78. The second kappa shape index (κ2) is 10.3. The molecule has 2 fully saturated rings. The Morgan fingerprint density at radius 3 is 2.91 bits per heavy atom. The van der Waals surface area contributed by atoms with Crippen molar-refractivity contribution in [3.05, 3.63) is 23.4 Å². The summed E-state index contributed by atoms with van der Waals surface area (Å²) in [6.45, 7) is 6.36. The van der Waals surface area contributed by atoms with Crippen LogP contribution in [0.3, 0.4) is 0 Å². The maximum Gasteiger partial charge on any atom is 0.243 e. The maximum atomic E-state index is 12.3. The van der Waals surface area contributed by atoms with Crippen LogP contribution >= 0.6 is 0 Å². The third kappa shape index (κ3) is 5.33. The summed E-state index contributed by atoms with van der Waals surface area (Å²) < 4.78 is 5.52. The Balaban J connectivity index is 1.15. The van der Waals surface area contributed by atoms with Crippen molar-refractivity contribution in [3.63, 3.8) is 0 Å². The van der Waals surface area contributed by atoms with Crippen LogP contribution in [0.4, 0.5) is 5.95 Å². The fraction of sp³-hybridized carbons (Fsp3) is 0.600. The number of rotatable bonds is 7. The van der Waals surface area contributed by atoms with Gasteiger partial charge >= 0.3 is 0 Å². The summed E-state index contributed by atoms with van der Waals surface area (Å²) in [5, 5.41) is 32.4. The van der Waals surface area contributed by atoms with E-state index < -0.39 is 0 Å². The zero-order chi connectivity index (χ0) is 24.4. The van der Waals surface area contributed by atoms with Crippen molar-refractivity contribution in [3.8, 4) is 22.8 Å². The van der Waals surface area contributed by atoms with E-state index in [9.17, 15) is 15.0 Å². The lowest BCUT2D eigenvalue weighted by Crippen LogP contribution is -2.43. The summed E-state index contributed by atoms with van der Waals surface area (Å²) >= 11 is 0. The maximum absolute atomic E-state index is 12.3. The molecule has 0 radical (unpaired) electrons. The molecule has 1 aromatic carbocycles. The fourth-order valence-electron chi connectivity index (χ4n) is 5.30. The molecule has 0 spiro atoms. The first kappa shape index (κ1) is 23.7.